The topological polar surface area (TPSA) is 94.6 Å². The first kappa shape index (κ1) is 29.5. The average molecular weight is 485 g/mol. The number of esters is 1. The van der Waals surface area contributed by atoms with Crippen molar-refractivity contribution in [1.29, 1.82) is 0 Å². The molecular weight excluding hydrogens is 444 g/mol. The Morgan fingerprint density at radius 2 is 1.50 bits per heavy atom. The second-order valence-electron chi connectivity index (χ2n) is 8.06. The van der Waals surface area contributed by atoms with Crippen LogP contribution in [0.5, 0.6) is 0 Å². The second-order valence-corrected chi connectivity index (χ2v) is 10.7. The molecule has 0 aliphatic heterocycles. The number of rotatable bonds is 20. The lowest BCUT2D eigenvalue weighted by atomic mass is 9.97. The third-order valence-corrected chi connectivity index (χ3v) is 7.28. The van der Waals surface area contributed by atoms with Gasteiger partial charge in [0.15, 0.2) is 0 Å². The molecule has 178 valence electrons. The highest BCUT2D eigenvalue weighted by Gasteiger charge is 2.31. The Kier molecular flexibility index (Phi) is 18.8. The molecule has 0 amide bonds. The maximum atomic E-state index is 12.5. The molecule has 0 aliphatic carbocycles. The summed E-state index contributed by atoms with van der Waals surface area (Å²) in [5.41, 5.74) is 0. The molecule has 0 bridgehead atoms. The minimum atomic E-state index is -2.77. The number of thiocarbonyl (C=S) groups is 1. The molecule has 9 heteroatoms. The summed E-state index contributed by atoms with van der Waals surface area (Å²) >= 11 is 4.88. The lowest BCUT2D eigenvalue weighted by molar-refractivity contribution is -0.149. The van der Waals surface area contributed by atoms with Gasteiger partial charge in [0.2, 0.25) is 0 Å². The molecule has 0 aromatic carbocycles. The van der Waals surface area contributed by atoms with E-state index >= 15 is 0 Å². The van der Waals surface area contributed by atoms with Crippen LogP contribution >= 0.6 is 12.2 Å². The molecule has 0 saturated heterocycles. The van der Waals surface area contributed by atoms with Crippen molar-refractivity contribution in [2.75, 3.05) is 12.4 Å². The summed E-state index contributed by atoms with van der Waals surface area (Å²) in [5.74, 6) is -1.41. The number of hydrogen-bond acceptors (Lipinski definition) is 7. The monoisotopic (exact) mass is 484 g/mol. The van der Waals surface area contributed by atoms with Crippen molar-refractivity contribution in [3.05, 3.63) is 0 Å². The van der Waals surface area contributed by atoms with Crippen LogP contribution in [-0.2, 0) is 30.9 Å². The van der Waals surface area contributed by atoms with Crippen molar-refractivity contribution in [3.8, 4) is 0 Å². The van der Waals surface area contributed by atoms with Crippen molar-refractivity contribution in [2.45, 2.75) is 96.1 Å². The molecule has 3 atom stereocenters. The Balaban J connectivity index is 4.47. The molecule has 0 spiro atoms. The molecule has 0 fully saturated rings. The molecule has 0 aliphatic rings. The SMILES string of the molecule is CCCCCCCCCCCC(C(CC=S)C(=O)OCC(C)CC[SH](=O)=O)[SH](=O)=O. The highest BCUT2D eigenvalue weighted by Crippen LogP contribution is 2.21. The molecule has 0 saturated carbocycles. The fourth-order valence-electron chi connectivity index (χ4n) is 3.37. The minimum Gasteiger partial charge on any atom is -0.465 e. The van der Waals surface area contributed by atoms with E-state index in [-0.39, 0.29) is 24.7 Å². The van der Waals surface area contributed by atoms with Crippen molar-refractivity contribution in [2.24, 2.45) is 11.8 Å². The van der Waals surface area contributed by atoms with Crippen LogP contribution in [-0.4, -0.2) is 45.8 Å². The smallest absolute Gasteiger partial charge is 0.310 e. The van der Waals surface area contributed by atoms with E-state index in [0.717, 1.165) is 25.7 Å². The van der Waals surface area contributed by atoms with Gasteiger partial charge in [0, 0.05) is 5.75 Å². The van der Waals surface area contributed by atoms with E-state index in [1.54, 1.807) is 6.92 Å². The quantitative estimate of drug-likeness (QED) is 0.116. The van der Waals surface area contributed by atoms with Crippen LogP contribution in [0.3, 0.4) is 0 Å². The van der Waals surface area contributed by atoms with E-state index in [4.69, 9.17) is 17.0 Å². The van der Waals surface area contributed by atoms with Crippen molar-refractivity contribution in [3.63, 3.8) is 0 Å². The van der Waals surface area contributed by atoms with Crippen molar-refractivity contribution < 1.29 is 26.4 Å². The maximum absolute atomic E-state index is 12.5. The summed E-state index contributed by atoms with van der Waals surface area (Å²) in [6, 6.07) is 0. The highest BCUT2D eigenvalue weighted by atomic mass is 32.2. The summed E-state index contributed by atoms with van der Waals surface area (Å²) in [5, 5.41) is 0.613. The van der Waals surface area contributed by atoms with Crippen molar-refractivity contribution >= 4 is 45.0 Å². The van der Waals surface area contributed by atoms with E-state index in [1.807, 2.05) is 0 Å². The van der Waals surface area contributed by atoms with Gasteiger partial charge in [0.25, 0.3) is 0 Å². The maximum Gasteiger partial charge on any atom is 0.310 e. The Hall–Kier alpha value is -0.540. The minimum absolute atomic E-state index is 0.0467. The molecule has 30 heavy (non-hydrogen) atoms. The summed E-state index contributed by atoms with van der Waals surface area (Å²) in [7, 11) is -5.22. The normalized spacial score (nSPS) is 14.5. The van der Waals surface area contributed by atoms with Gasteiger partial charge in [-0.05, 0) is 30.5 Å². The molecular formula is C21H40O6S3. The molecule has 0 N–H and O–H groups in total. The number of thiol groups is 2. The van der Waals surface area contributed by atoms with Gasteiger partial charge in [-0.25, -0.2) is 16.8 Å². The zero-order chi connectivity index (χ0) is 22.8. The van der Waals surface area contributed by atoms with Gasteiger partial charge in [0.1, 0.15) is 21.4 Å². The lowest BCUT2D eigenvalue weighted by Crippen LogP contribution is -2.32. The van der Waals surface area contributed by atoms with Crippen LogP contribution in [0.25, 0.3) is 0 Å². The van der Waals surface area contributed by atoms with Crippen LogP contribution < -0.4 is 0 Å². The van der Waals surface area contributed by atoms with Crippen molar-refractivity contribution in [1.82, 2.24) is 0 Å². The fourth-order valence-corrected chi connectivity index (χ4v) is 5.16. The van der Waals surface area contributed by atoms with Crippen LogP contribution in [0.15, 0.2) is 0 Å². The highest BCUT2D eigenvalue weighted by molar-refractivity contribution is 7.79. The van der Waals surface area contributed by atoms with Crippen LogP contribution in [0, 0.1) is 11.8 Å². The van der Waals surface area contributed by atoms with Gasteiger partial charge < -0.3 is 4.74 Å². The van der Waals surface area contributed by atoms with Crippen LogP contribution in [0.4, 0.5) is 0 Å². The van der Waals surface area contributed by atoms with E-state index in [1.165, 1.54) is 37.5 Å². The van der Waals surface area contributed by atoms with Crippen LogP contribution in [0.2, 0.25) is 0 Å². The predicted octanol–water partition coefficient (Wildman–Crippen LogP) is 4.07. The van der Waals surface area contributed by atoms with E-state index in [0.29, 0.717) is 12.8 Å². The number of ether oxygens (including phenoxy) is 1. The molecule has 3 unspecified atom stereocenters. The Labute approximate surface area is 191 Å². The van der Waals surface area contributed by atoms with E-state index in [2.05, 4.69) is 6.92 Å². The molecule has 0 radical (unpaired) electrons. The summed E-state index contributed by atoms with van der Waals surface area (Å²) < 4.78 is 50.3. The van der Waals surface area contributed by atoms with Gasteiger partial charge in [0.05, 0.1) is 17.8 Å². The molecule has 0 aromatic rings. The average Bonchev–Trinajstić information content (AvgIpc) is 2.70. The standard InChI is InChI=1S/C21H40O6S3/c1-3-4-5-6-7-8-9-10-11-12-20(30(25)26)19(13-15-28)21(22)27-17-18(2)14-16-29(23)24/h15,18-20,29-30H,3-14,16-17H2,1-2H3. The zero-order valence-corrected chi connectivity index (χ0v) is 21.1. The predicted molar refractivity (Wildman–Crippen MR) is 128 cm³/mol. The number of carbonyl (C=O) groups excluding carboxylic acids is 1. The molecule has 0 rings (SSSR count). The Morgan fingerprint density at radius 1 is 0.933 bits per heavy atom. The number of hydrogen-bond donors (Lipinski definition) is 2. The van der Waals surface area contributed by atoms with Crippen LogP contribution in [0.1, 0.15) is 90.9 Å². The summed E-state index contributed by atoms with van der Waals surface area (Å²) in [6.07, 6.45) is 11.3. The lowest BCUT2D eigenvalue weighted by Gasteiger charge is -2.21. The molecule has 0 aromatic heterocycles. The van der Waals surface area contributed by atoms with Gasteiger partial charge in [-0.1, -0.05) is 83.9 Å². The third kappa shape index (κ3) is 15.3. The molecule has 0 heterocycles. The summed E-state index contributed by atoms with van der Waals surface area (Å²) in [4.78, 5) is 12.5. The second kappa shape index (κ2) is 19.2. The Morgan fingerprint density at radius 3 is 2.00 bits per heavy atom. The number of unbranched alkanes of at least 4 members (excludes halogenated alkanes) is 8. The Bertz CT molecular complexity index is 600. The third-order valence-electron chi connectivity index (χ3n) is 5.31. The fraction of sp³-hybridized carbons (Fsp3) is 0.905. The largest absolute Gasteiger partial charge is 0.465 e. The summed E-state index contributed by atoms with van der Waals surface area (Å²) in [6.45, 7) is 4.08. The zero-order valence-electron chi connectivity index (χ0n) is 18.5. The first-order valence-electron chi connectivity index (χ1n) is 11.2. The first-order chi connectivity index (χ1) is 14.3. The van der Waals surface area contributed by atoms with E-state index in [9.17, 15) is 21.6 Å². The van der Waals surface area contributed by atoms with Gasteiger partial charge >= 0.3 is 5.97 Å². The van der Waals surface area contributed by atoms with Gasteiger partial charge in [-0.15, -0.1) is 0 Å². The number of carbonyl (C=O) groups is 1. The van der Waals surface area contributed by atoms with Gasteiger partial charge in [-0.2, -0.15) is 0 Å². The molecule has 6 nitrogen and oxygen atoms in total. The van der Waals surface area contributed by atoms with E-state index < -0.39 is 38.5 Å². The van der Waals surface area contributed by atoms with Gasteiger partial charge in [-0.3, -0.25) is 4.79 Å². The first-order valence-corrected chi connectivity index (χ1v) is 14.3.